The minimum Gasteiger partial charge on any atom is -0.457 e. The van der Waals surface area contributed by atoms with Gasteiger partial charge in [0.05, 0.1) is 5.41 Å². The van der Waals surface area contributed by atoms with Crippen molar-refractivity contribution >= 4 is 0 Å². The highest BCUT2D eigenvalue weighted by Crippen LogP contribution is 2.63. The van der Waals surface area contributed by atoms with E-state index in [2.05, 4.69) is 208 Å². The molecule has 10 aromatic rings. The van der Waals surface area contributed by atoms with Gasteiger partial charge in [0, 0.05) is 33.2 Å². The lowest BCUT2D eigenvalue weighted by molar-refractivity contribution is 0.436. The highest BCUT2D eigenvalue weighted by Gasteiger charge is 2.51. The topological polar surface area (TPSA) is 47.9 Å². The molecule has 0 N–H and O–H groups in total. The fourth-order valence-electron chi connectivity index (χ4n) is 11.1. The van der Waals surface area contributed by atoms with Crippen molar-refractivity contribution in [1.82, 2.24) is 15.0 Å². The Morgan fingerprint density at radius 2 is 0.738 bits per heavy atom. The molecule has 13 rings (SSSR count). The van der Waals surface area contributed by atoms with Gasteiger partial charge in [-0.2, -0.15) is 0 Å². The van der Waals surface area contributed by atoms with E-state index in [4.69, 9.17) is 19.7 Å². The summed E-state index contributed by atoms with van der Waals surface area (Å²) in [5.74, 6) is 3.63. The van der Waals surface area contributed by atoms with Crippen molar-refractivity contribution in [2.75, 3.05) is 0 Å². The Kier molecular flexibility index (Phi) is 8.13. The van der Waals surface area contributed by atoms with Gasteiger partial charge in [-0.05, 0) is 91.0 Å². The quantitative estimate of drug-likeness (QED) is 0.173. The number of benzene rings is 9. The van der Waals surface area contributed by atoms with Crippen molar-refractivity contribution in [3.05, 3.63) is 246 Å². The van der Waals surface area contributed by atoms with Crippen molar-refractivity contribution in [3.63, 3.8) is 0 Å². The maximum Gasteiger partial charge on any atom is 0.164 e. The van der Waals surface area contributed by atoms with Crippen LogP contribution >= 0.6 is 0 Å². The highest BCUT2D eigenvalue weighted by molar-refractivity contribution is 5.92. The zero-order valence-electron chi connectivity index (χ0n) is 36.0. The molecular weight excluding hydrogens is 791 g/mol. The summed E-state index contributed by atoms with van der Waals surface area (Å²) in [6.45, 7) is 4.63. The minimum absolute atomic E-state index is 0.249. The smallest absolute Gasteiger partial charge is 0.164 e. The van der Waals surface area contributed by atoms with E-state index in [9.17, 15) is 0 Å². The third kappa shape index (κ3) is 5.53. The Bertz CT molecular complexity index is 3490. The van der Waals surface area contributed by atoms with Crippen molar-refractivity contribution in [2.24, 2.45) is 0 Å². The van der Waals surface area contributed by atoms with Crippen LogP contribution < -0.4 is 4.74 Å². The largest absolute Gasteiger partial charge is 0.457 e. The second-order valence-electron chi connectivity index (χ2n) is 17.9. The monoisotopic (exact) mass is 831 g/mol. The number of ether oxygens (including phenoxy) is 1. The summed E-state index contributed by atoms with van der Waals surface area (Å²) < 4.78 is 6.75. The first-order chi connectivity index (χ1) is 32.0. The first-order valence-electron chi connectivity index (χ1n) is 22.3. The van der Waals surface area contributed by atoms with E-state index in [1.807, 2.05) is 18.2 Å². The fourth-order valence-corrected chi connectivity index (χ4v) is 11.1. The van der Waals surface area contributed by atoms with Crippen LogP contribution in [0.4, 0.5) is 0 Å². The van der Waals surface area contributed by atoms with E-state index in [0.29, 0.717) is 17.5 Å². The fraction of sp³-hybridized carbons (Fsp3) is 0.0656. The summed E-state index contributed by atoms with van der Waals surface area (Å²) in [4.78, 5) is 16.0. The zero-order valence-corrected chi connectivity index (χ0v) is 36.0. The van der Waals surface area contributed by atoms with E-state index >= 15 is 0 Å². The molecule has 1 aromatic heterocycles. The van der Waals surface area contributed by atoms with Gasteiger partial charge < -0.3 is 4.74 Å². The molecule has 0 bridgehead atoms. The highest BCUT2D eigenvalue weighted by atomic mass is 16.5. The molecular formula is C61H41N3O. The van der Waals surface area contributed by atoms with Gasteiger partial charge in [-0.25, -0.2) is 15.0 Å². The Balaban J connectivity index is 1.03. The second kappa shape index (κ2) is 14.2. The van der Waals surface area contributed by atoms with Crippen LogP contribution in [-0.4, -0.2) is 15.0 Å². The average Bonchev–Trinajstić information content (AvgIpc) is 3.79. The van der Waals surface area contributed by atoms with E-state index in [1.54, 1.807) is 0 Å². The van der Waals surface area contributed by atoms with E-state index in [-0.39, 0.29) is 5.41 Å². The molecule has 1 spiro atoms. The van der Waals surface area contributed by atoms with E-state index in [0.717, 1.165) is 50.4 Å². The Hall–Kier alpha value is -8.21. The van der Waals surface area contributed by atoms with Gasteiger partial charge in [-0.3, -0.25) is 0 Å². The maximum atomic E-state index is 6.75. The summed E-state index contributed by atoms with van der Waals surface area (Å²) >= 11 is 0. The van der Waals surface area contributed by atoms with E-state index < -0.39 is 5.41 Å². The zero-order chi connectivity index (χ0) is 43.3. The number of fused-ring (bicyclic) bond motifs is 12. The van der Waals surface area contributed by atoms with Crippen LogP contribution in [0.1, 0.15) is 47.2 Å². The SMILES string of the molecule is CC1(C)c2ccccc2-c2cccc(-c3nc(-c4ccccc4)nc(-c4ccc5c(c4)C4(c6ccccc6Oc6ccccc64)c4cc(-c6ccc(-c7ccccc7)cc6)ccc4-5)n3)c21. The molecule has 1 aliphatic heterocycles. The Morgan fingerprint density at radius 3 is 1.40 bits per heavy atom. The van der Waals surface area contributed by atoms with Gasteiger partial charge in [0.15, 0.2) is 17.5 Å². The van der Waals surface area contributed by atoms with Crippen molar-refractivity contribution in [2.45, 2.75) is 24.7 Å². The van der Waals surface area contributed by atoms with Crippen LogP contribution in [0.5, 0.6) is 11.5 Å². The predicted molar refractivity (Wildman–Crippen MR) is 262 cm³/mol. The number of rotatable bonds is 5. The molecule has 0 atom stereocenters. The Labute approximate surface area is 378 Å². The summed E-state index contributed by atoms with van der Waals surface area (Å²) in [6, 6.07) is 76.0. The van der Waals surface area contributed by atoms with Gasteiger partial charge in [0.1, 0.15) is 11.5 Å². The lowest BCUT2D eigenvalue weighted by Gasteiger charge is -2.39. The molecule has 2 heterocycles. The van der Waals surface area contributed by atoms with Crippen molar-refractivity contribution in [1.29, 1.82) is 0 Å². The summed E-state index contributed by atoms with van der Waals surface area (Å²) in [6.07, 6.45) is 0. The second-order valence-corrected chi connectivity index (χ2v) is 17.9. The number of hydrogen-bond donors (Lipinski definition) is 0. The summed E-state index contributed by atoms with van der Waals surface area (Å²) in [7, 11) is 0. The Morgan fingerprint density at radius 1 is 0.308 bits per heavy atom. The lowest BCUT2D eigenvalue weighted by Crippen LogP contribution is -2.32. The molecule has 4 heteroatoms. The van der Waals surface area contributed by atoms with Crippen LogP contribution in [0.15, 0.2) is 212 Å². The number of para-hydroxylation sites is 2. The van der Waals surface area contributed by atoms with Crippen LogP contribution in [0.2, 0.25) is 0 Å². The minimum atomic E-state index is -0.694. The van der Waals surface area contributed by atoms with Gasteiger partial charge in [0.25, 0.3) is 0 Å². The molecule has 65 heavy (non-hydrogen) atoms. The molecule has 2 aliphatic carbocycles. The molecule has 3 aliphatic rings. The molecule has 0 radical (unpaired) electrons. The number of aromatic nitrogens is 3. The third-order valence-corrected chi connectivity index (χ3v) is 14.0. The van der Waals surface area contributed by atoms with Gasteiger partial charge in [0.2, 0.25) is 0 Å². The standard InChI is InChI=1S/C61H41N3O/c1-60(2)49-23-10-9-20-44(49)47-21-15-22-48(56(47)60)59-63-57(41-18-7-4-8-19-41)62-58(64-59)43-33-35-46-45-34-32-42(40-30-28-39(29-31-40)38-16-5-3-6-17-38)36-52(45)61(53(46)37-43)50-24-11-13-26-54(50)65-55-27-14-12-25-51(55)61/h3-37H,1-2H3. The molecule has 0 unspecified atom stereocenters. The first-order valence-corrected chi connectivity index (χ1v) is 22.3. The van der Waals surface area contributed by atoms with Crippen LogP contribution in [0, 0.1) is 0 Å². The van der Waals surface area contributed by atoms with E-state index in [1.165, 1.54) is 55.6 Å². The van der Waals surface area contributed by atoms with Gasteiger partial charge >= 0.3 is 0 Å². The van der Waals surface area contributed by atoms with Crippen LogP contribution in [0.3, 0.4) is 0 Å². The van der Waals surface area contributed by atoms with Crippen molar-refractivity contribution in [3.8, 4) is 90.2 Å². The van der Waals surface area contributed by atoms with Crippen molar-refractivity contribution < 1.29 is 4.74 Å². The van der Waals surface area contributed by atoms with Crippen LogP contribution in [-0.2, 0) is 10.8 Å². The number of hydrogen-bond acceptors (Lipinski definition) is 4. The molecule has 9 aromatic carbocycles. The lowest BCUT2D eigenvalue weighted by atomic mass is 9.65. The molecule has 306 valence electrons. The third-order valence-electron chi connectivity index (χ3n) is 14.0. The molecule has 0 saturated carbocycles. The average molecular weight is 832 g/mol. The molecule has 0 fully saturated rings. The normalized spacial score (nSPS) is 14.1. The summed E-state index contributed by atoms with van der Waals surface area (Å²) in [5, 5.41) is 0. The van der Waals surface area contributed by atoms with Crippen LogP contribution in [0.25, 0.3) is 78.7 Å². The molecule has 4 nitrogen and oxygen atoms in total. The molecule has 0 saturated heterocycles. The number of nitrogens with zero attached hydrogens (tertiary/aromatic N) is 3. The maximum absolute atomic E-state index is 6.75. The van der Waals surface area contributed by atoms with Gasteiger partial charge in [-0.15, -0.1) is 0 Å². The predicted octanol–water partition coefficient (Wildman–Crippen LogP) is 15.0. The van der Waals surface area contributed by atoms with Gasteiger partial charge in [-0.1, -0.05) is 202 Å². The molecule has 0 amide bonds. The summed E-state index contributed by atoms with van der Waals surface area (Å²) in [5.41, 5.74) is 18.7. The first kappa shape index (κ1) is 37.4.